The number of hydrogen-bond donors (Lipinski definition) is 0. The quantitative estimate of drug-likeness (QED) is 0.167. The first-order valence-electron chi connectivity index (χ1n) is 23.1. The van der Waals surface area contributed by atoms with Gasteiger partial charge in [-0.25, -0.2) is 9.97 Å². The summed E-state index contributed by atoms with van der Waals surface area (Å²) in [5.74, 6) is 0.722. The third kappa shape index (κ3) is 6.15. The maximum atomic E-state index is 5.29. The summed E-state index contributed by atoms with van der Waals surface area (Å²) in [6, 6.07) is 72.9. The minimum atomic E-state index is 0.722. The summed E-state index contributed by atoms with van der Waals surface area (Å²) in [7, 11) is 0. The van der Waals surface area contributed by atoms with E-state index in [-0.39, 0.29) is 0 Å². The van der Waals surface area contributed by atoms with E-state index in [9.17, 15) is 0 Å². The van der Waals surface area contributed by atoms with Crippen LogP contribution in [-0.4, -0.2) is 23.7 Å². The van der Waals surface area contributed by atoms with Crippen LogP contribution in [0.4, 0.5) is 0 Å². The van der Waals surface area contributed by atoms with Crippen molar-refractivity contribution in [1.82, 2.24) is 23.7 Å². The van der Waals surface area contributed by atoms with Gasteiger partial charge >= 0.3 is 0 Å². The molecule has 13 rings (SSSR count). The molecule has 4 aromatic heterocycles. The number of nitrogens with zero attached hydrogens (tertiary/aromatic N) is 5. The van der Waals surface area contributed by atoms with Crippen molar-refractivity contribution in [1.29, 1.82) is 0 Å². The summed E-state index contributed by atoms with van der Waals surface area (Å²) in [5, 5.41) is 7.39. The number of aryl methyl sites for hydroxylation is 4. The average molecular weight is 860 g/mol. The Bertz CT molecular complexity index is 3820. The van der Waals surface area contributed by atoms with E-state index >= 15 is 0 Å². The van der Waals surface area contributed by atoms with Gasteiger partial charge in [0.15, 0.2) is 5.82 Å². The largest absolute Gasteiger partial charge is 0.309 e. The molecule has 0 aliphatic carbocycles. The Balaban J connectivity index is 1.04. The highest BCUT2D eigenvalue weighted by molar-refractivity contribution is 6.14. The second kappa shape index (κ2) is 15.0. The molecule has 0 unspecified atom stereocenters. The molecule has 0 N–H and O–H groups in total. The van der Waals surface area contributed by atoms with Gasteiger partial charge in [-0.2, -0.15) is 0 Å². The first kappa shape index (κ1) is 38.9. The van der Waals surface area contributed by atoms with Crippen LogP contribution >= 0.6 is 0 Å². The van der Waals surface area contributed by atoms with Crippen LogP contribution in [0.1, 0.15) is 22.3 Å². The van der Waals surface area contributed by atoms with Crippen molar-refractivity contribution in [3.63, 3.8) is 0 Å². The van der Waals surface area contributed by atoms with Gasteiger partial charge in [0.25, 0.3) is 0 Å². The lowest BCUT2D eigenvalue weighted by Gasteiger charge is -2.17. The van der Waals surface area contributed by atoms with Crippen molar-refractivity contribution in [3.05, 3.63) is 222 Å². The molecular weight excluding hydrogens is 815 g/mol. The highest BCUT2D eigenvalue weighted by atomic mass is 15.0. The number of para-hydroxylation sites is 4. The number of rotatable bonds is 6. The Morgan fingerprint density at radius 1 is 0.313 bits per heavy atom. The molecule has 0 amide bonds. The molecule has 0 saturated heterocycles. The topological polar surface area (TPSA) is 40.6 Å². The van der Waals surface area contributed by atoms with Crippen molar-refractivity contribution < 1.29 is 0 Å². The van der Waals surface area contributed by atoms with Crippen LogP contribution in [0.25, 0.3) is 116 Å². The molecule has 0 spiro atoms. The van der Waals surface area contributed by atoms with Gasteiger partial charge < -0.3 is 13.7 Å². The molecule has 0 saturated carbocycles. The van der Waals surface area contributed by atoms with Crippen molar-refractivity contribution in [2.45, 2.75) is 27.7 Å². The van der Waals surface area contributed by atoms with Crippen molar-refractivity contribution in [2.24, 2.45) is 0 Å². The number of benzene rings is 9. The van der Waals surface area contributed by atoms with Gasteiger partial charge in [0.05, 0.1) is 44.5 Å². The summed E-state index contributed by atoms with van der Waals surface area (Å²) in [4.78, 5) is 10.4. The zero-order valence-corrected chi connectivity index (χ0v) is 37.8. The number of fused-ring (bicyclic) bond motifs is 9. The van der Waals surface area contributed by atoms with E-state index in [0.717, 1.165) is 73.1 Å². The zero-order chi connectivity index (χ0) is 44.9. The van der Waals surface area contributed by atoms with Crippen LogP contribution in [0.15, 0.2) is 200 Å². The molecule has 318 valence electrons. The van der Waals surface area contributed by atoms with Gasteiger partial charge in [-0.15, -0.1) is 0 Å². The van der Waals surface area contributed by atoms with E-state index in [1.54, 1.807) is 0 Å². The van der Waals surface area contributed by atoms with E-state index in [1.807, 2.05) is 0 Å². The molecule has 5 heteroatoms. The second-order valence-electron chi connectivity index (χ2n) is 18.1. The predicted molar refractivity (Wildman–Crippen MR) is 280 cm³/mol. The highest BCUT2D eigenvalue weighted by Crippen LogP contribution is 2.41. The van der Waals surface area contributed by atoms with Gasteiger partial charge in [-0.1, -0.05) is 120 Å². The second-order valence-corrected chi connectivity index (χ2v) is 18.1. The molecule has 13 aromatic rings. The molecule has 0 aliphatic rings. The smallest absolute Gasteiger partial charge is 0.160 e. The Kier molecular flexibility index (Phi) is 8.71. The van der Waals surface area contributed by atoms with E-state index in [2.05, 4.69) is 242 Å². The Hall–Kier alpha value is -8.54. The molecule has 0 bridgehead atoms. The SMILES string of the molecule is Cc1cccc(-c2cc(-c3cc(C)c(-n4c5ccc(-n6c7ccccc7c7ccccc76)cc5c5cc(-n6c7ccccc7c7ccccc76)ccc54)cc3C)nc(-c3cccc(C)c3)n2)c1. The van der Waals surface area contributed by atoms with E-state index in [1.165, 1.54) is 65.5 Å². The Labute approximate surface area is 388 Å². The summed E-state index contributed by atoms with van der Waals surface area (Å²) >= 11 is 0. The van der Waals surface area contributed by atoms with Crippen LogP contribution in [0, 0.1) is 27.7 Å². The van der Waals surface area contributed by atoms with Crippen LogP contribution in [0.5, 0.6) is 0 Å². The average Bonchev–Trinajstić information content (AvgIpc) is 3.99. The summed E-state index contributed by atoms with van der Waals surface area (Å²) in [6.07, 6.45) is 0. The third-order valence-corrected chi connectivity index (χ3v) is 13.8. The van der Waals surface area contributed by atoms with Crippen LogP contribution in [-0.2, 0) is 0 Å². The first-order valence-corrected chi connectivity index (χ1v) is 23.1. The van der Waals surface area contributed by atoms with Gasteiger partial charge in [-0.05, 0) is 130 Å². The highest BCUT2D eigenvalue weighted by Gasteiger charge is 2.21. The standard InChI is InChI=1S/C62H45N5/c1-38-15-13-17-42(31-38)53-37-54(64-62(63-53)43-18-14-16-39(2)32-43)50-33-41(4)61(34-40(50)3)67-59-29-27-44(65-55-23-9-5-19-46(55)47-20-6-10-24-56(47)65)35-51(59)52-36-45(28-30-60(52)67)66-57-25-11-7-21-48(57)49-22-8-12-26-58(49)66/h5-37H,1-4H3. The minimum absolute atomic E-state index is 0.722. The lowest BCUT2D eigenvalue weighted by molar-refractivity contribution is 1.13. The lowest BCUT2D eigenvalue weighted by Crippen LogP contribution is -2.02. The van der Waals surface area contributed by atoms with Gasteiger partial charge in [0, 0.05) is 66.1 Å². The molecule has 0 aliphatic heterocycles. The van der Waals surface area contributed by atoms with E-state index in [4.69, 9.17) is 9.97 Å². The van der Waals surface area contributed by atoms with Gasteiger partial charge in [0.1, 0.15) is 0 Å². The van der Waals surface area contributed by atoms with Gasteiger partial charge in [-0.3, -0.25) is 0 Å². The molecular formula is C62H45N5. The van der Waals surface area contributed by atoms with Crippen LogP contribution in [0.2, 0.25) is 0 Å². The zero-order valence-electron chi connectivity index (χ0n) is 37.8. The predicted octanol–water partition coefficient (Wildman–Crippen LogP) is 16.0. The molecule has 4 heterocycles. The van der Waals surface area contributed by atoms with Crippen LogP contribution < -0.4 is 0 Å². The molecule has 0 radical (unpaired) electrons. The number of aromatic nitrogens is 5. The van der Waals surface area contributed by atoms with E-state index in [0.29, 0.717) is 0 Å². The molecule has 9 aromatic carbocycles. The summed E-state index contributed by atoms with van der Waals surface area (Å²) in [5.41, 5.74) is 20.2. The minimum Gasteiger partial charge on any atom is -0.309 e. The van der Waals surface area contributed by atoms with Crippen molar-refractivity contribution in [2.75, 3.05) is 0 Å². The summed E-state index contributed by atoms with van der Waals surface area (Å²) < 4.78 is 7.32. The fourth-order valence-electron chi connectivity index (χ4n) is 10.7. The maximum absolute atomic E-state index is 5.29. The first-order chi connectivity index (χ1) is 32.9. The Morgan fingerprint density at radius 3 is 1.27 bits per heavy atom. The molecule has 0 fully saturated rings. The van der Waals surface area contributed by atoms with Gasteiger partial charge in [0.2, 0.25) is 0 Å². The molecule has 0 atom stereocenters. The normalized spacial score (nSPS) is 11.9. The molecule has 67 heavy (non-hydrogen) atoms. The monoisotopic (exact) mass is 859 g/mol. The van der Waals surface area contributed by atoms with E-state index < -0.39 is 0 Å². The fraction of sp³-hybridized carbons (Fsp3) is 0.0645. The maximum Gasteiger partial charge on any atom is 0.160 e. The van der Waals surface area contributed by atoms with Crippen molar-refractivity contribution >= 4 is 65.4 Å². The van der Waals surface area contributed by atoms with Crippen molar-refractivity contribution in [3.8, 4) is 51.0 Å². The number of hydrogen-bond acceptors (Lipinski definition) is 2. The molecule has 5 nitrogen and oxygen atoms in total. The summed E-state index contributed by atoms with van der Waals surface area (Å²) in [6.45, 7) is 8.70. The fourth-order valence-corrected chi connectivity index (χ4v) is 10.7. The third-order valence-electron chi connectivity index (χ3n) is 13.8. The van der Waals surface area contributed by atoms with Crippen LogP contribution in [0.3, 0.4) is 0 Å². The lowest BCUT2D eigenvalue weighted by atomic mass is 9.98. The Morgan fingerprint density at radius 2 is 0.761 bits per heavy atom.